The van der Waals surface area contributed by atoms with Crippen LogP contribution in [-0.2, 0) is 4.74 Å². The molecule has 5 heteroatoms. The number of carbonyl (C=O) groups excluding carboxylic acids is 1. The third-order valence-corrected chi connectivity index (χ3v) is 3.06. The van der Waals surface area contributed by atoms with Gasteiger partial charge in [-0.05, 0) is 25.0 Å². The van der Waals surface area contributed by atoms with Crippen LogP contribution >= 0.6 is 0 Å². The molecule has 0 unspecified atom stereocenters. The van der Waals surface area contributed by atoms with Crippen molar-refractivity contribution >= 4 is 5.91 Å². The smallest absolute Gasteiger partial charge is 0.272 e. The van der Waals surface area contributed by atoms with E-state index in [0.29, 0.717) is 25.4 Å². The number of carbonyl (C=O) groups is 1. The molecule has 0 spiro atoms. The van der Waals surface area contributed by atoms with Crippen LogP contribution < -0.4 is 0 Å². The molecule has 1 aliphatic rings. The summed E-state index contributed by atoms with van der Waals surface area (Å²) in [5.41, 5.74) is 0.493. The lowest BCUT2D eigenvalue weighted by Crippen LogP contribution is -2.41. The Bertz CT molecular complexity index is 375. The van der Waals surface area contributed by atoms with Crippen molar-refractivity contribution in [1.82, 2.24) is 9.88 Å². The summed E-state index contributed by atoms with van der Waals surface area (Å²) in [5, 5.41) is 8.69. The highest BCUT2D eigenvalue weighted by atomic mass is 16.5. The van der Waals surface area contributed by atoms with E-state index in [0.717, 1.165) is 12.8 Å². The van der Waals surface area contributed by atoms with Crippen molar-refractivity contribution in [3.8, 4) is 0 Å². The van der Waals surface area contributed by atoms with Gasteiger partial charge in [-0.3, -0.25) is 9.78 Å². The summed E-state index contributed by atoms with van der Waals surface area (Å²) in [5.74, 6) is -0.0174. The van der Waals surface area contributed by atoms with Gasteiger partial charge in [0.05, 0.1) is 19.3 Å². The van der Waals surface area contributed by atoms with Crippen LogP contribution in [0.3, 0.4) is 0 Å². The lowest BCUT2D eigenvalue weighted by molar-refractivity contribution is -0.00564. The molecular weight excluding hydrogens is 232 g/mol. The van der Waals surface area contributed by atoms with Gasteiger partial charge in [-0.15, -0.1) is 0 Å². The molecule has 98 valence electrons. The van der Waals surface area contributed by atoms with Crippen LogP contribution in [0.5, 0.6) is 0 Å². The van der Waals surface area contributed by atoms with E-state index in [9.17, 15) is 4.79 Å². The second kappa shape index (κ2) is 6.47. The average molecular weight is 250 g/mol. The SMILES string of the molecule is O=C(c1ccccn1)N1CCC(OCCO)CC1. The quantitative estimate of drug-likeness (QED) is 0.854. The molecule has 0 atom stereocenters. The molecule has 1 aromatic heterocycles. The minimum absolute atomic E-state index is 0.0174. The van der Waals surface area contributed by atoms with Crippen molar-refractivity contribution in [3.63, 3.8) is 0 Å². The van der Waals surface area contributed by atoms with Crippen LogP contribution in [0.25, 0.3) is 0 Å². The second-order valence-electron chi connectivity index (χ2n) is 4.30. The third-order valence-electron chi connectivity index (χ3n) is 3.06. The average Bonchev–Trinajstić information content (AvgIpc) is 2.46. The van der Waals surface area contributed by atoms with Crippen molar-refractivity contribution in [2.24, 2.45) is 0 Å². The van der Waals surface area contributed by atoms with Crippen molar-refractivity contribution in [2.45, 2.75) is 18.9 Å². The number of amides is 1. The molecule has 0 bridgehead atoms. The Labute approximate surface area is 106 Å². The molecule has 0 radical (unpaired) electrons. The summed E-state index contributed by atoms with van der Waals surface area (Å²) in [7, 11) is 0. The number of nitrogens with zero attached hydrogens (tertiary/aromatic N) is 2. The van der Waals surface area contributed by atoms with E-state index in [4.69, 9.17) is 9.84 Å². The first kappa shape index (κ1) is 13.0. The number of hydrogen-bond donors (Lipinski definition) is 1. The molecule has 0 aliphatic carbocycles. The maximum atomic E-state index is 12.1. The zero-order chi connectivity index (χ0) is 12.8. The summed E-state index contributed by atoms with van der Waals surface area (Å²) < 4.78 is 5.46. The topological polar surface area (TPSA) is 62.7 Å². The number of aliphatic hydroxyl groups excluding tert-OH is 1. The van der Waals surface area contributed by atoms with Gasteiger partial charge in [0, 0.05) is 19.3 Å². The Balaban J connectivity index is 1.84. The van der Waals surface area contributed by atoms with Gasteiger partial charge in [0.25, 0.3) is 5.91 Å². The second-order valence-corrected chi connectivity index (χ2v) is 4.30. The maximum Gasteiger partial charge on any atom is 0.272 e. The summed E-state index contributed by atoms with van der Waals surface area (Å²) in [6.45, 7) is 1.79. The molecule has 1 aliphatic heterocycles. The zero-order valence-electron chi connectivity index (χ0n) is 10.3. The van der Waals surface area contributed by atoms with E-state index in [1.54, 1.807) is 23.2 Å². The number of piperidine rings is 1. The maximum absolute atomic E-state index is 12.1. The molecule has 1 fully saturated rings. The highest BCUT2D eigenvalue weighted by Crippen LogP contribution is 2.15. The monoisotopic (exact) mass is 250 g/mol. The van der Waals surface area contributed by atoms with E-state index >= 15 is 0 Å². The number of pyridine rings is 1. The predicted molar refractivity (Wildman–Crippen MR) is 66.2 cm³/mol. The number of ether oxygens (including phenoxy) is 1. The first-order valence-corrected chi connectivity index (χ1v) is 6.24. The van der Waals surface area contributed by atoms with Crippen molar-refractivity contribution in [1.29, 1.82) is 0 Å². The summed E-state index contributed by atoms with van der Waals surface area (Å²) in [6.07, 6.45) is 3.42. The fourth-order valence-electron chi connectivity index (χ4n) is 2.10. The number of likely N-dealkylation sites (tertiary alicyclic amines) is 1. The highest BCUT2D eigenvalue weighted by Gasteiger charge is 2.24. The molecule has 1 amide bonds. The molecule has 18 heavy (non-hydrogen) atoms. The van der Waals surface area contributed by atoms with Crippen molar-refractivity contribution in [3.05, 3.63) is 30.1 Å². The highest BCUT2D eigenvalue weighted by molar-refractivity contribution is 5.92. The van der Waals surface area contributed by atoms with Crippen LogP contribution in [0.1, 0.15) is 23.3 Å². The Hall–Kier alpha value is -1.46. The lowest BCUT2D eigenvalue weighted by atomic mass is 10.1. The number of aliphatic hydroxyl groups is 1. The van der Waals surface area contributed by atoms with E-state index < -0.39 is 0 Å². The Kier molecular flexibility index (Phi) is 4.66. The van der Waals surface area contributed by atoms with Crippen LogP contribution in [0.15, 0.2) is 24.4 Å². The van der Waals surface area contributed by atoms with Crippen LogP contribution in [0.4, 0.5) is 0 Å². The number of aromatic nitrogens is 1. The molecule has 1 N–H and O–H groups in total. The van der Waals surface area contributed by atoms with Gasteiger partial charge < -0.3 is 14.7 Å². The molecule has 2 heterocycles. The van der Waals surface area contributed by atoms with E-state index in [1.165, 1.54) is 0 Å². The van der Waals surface area contributed by atoms with Gasteiger partial charge in [-0.1, -0.05) is 6.07 Å². The van der Waals surface area contributed by atoms with Crippen molar-refractivity contribution < 1.29 is 14.6 Å². The minimum Gasteiger partial charge on any atom is -0.394 e. The van der Waals surface area contributed by atoms with E-state index in [1.807, 2.05) is 6.07 Å². The molecule has 1 aromatic rings. The van der Waals surface area contributed by atoms with Crippen LogP contribution in [0, 0.1) is 0 Å². The molecule has 1 saturated heterocycles. The number of hydrogen-bond acceptors (Lipinski definition) is 4. The summed E-state index contributed by atoms with van der Waals surface area (Å²) in [6, 6.07) is 5.35. The fraction of sp³-hybridized carbons (Fsp3) is 0.538. The molecule has 0 aromatic carbocycles. The fourth-order valence-corrected chi connectivity index (χ4v) is 2.10. The number of rotatable bonds is 4. The predicted octanol–water partition coefficient (Wildman–Crippen LogP) is 0.695. The van der Waals surface area contributed by atoms with E-state index in [-0.39, 0.29) is 18.6 Å². The van der Waals surface area contributed by atoms with Gasteiger partial charge in [-0.2, -0.15) is 0 Å². The Morgan fingerprint density at radius 3 is 2.83 bits per heavy atom. The van der Waals surface area contributed by atoms with Crippen LogP contribution in [0.2, 0.25) is 0 Å². The van der Waals surface area contributed by atoms with Gasteiger partial charge in [-0.25, -0.2) is 0 Å². The van der Waals surface area contributed by atoms with Gasteiger partial charge in [0.1, 0.15) is 5.69 Å². The zero-order valence-corrected chi connectivity index (χ0v) is 10.3. The molecule has 5 nitrogen and oxygen atoms in total. The van der Waals surface area contributed by atoms with Crippen molar-refractivity contribution in [2.75, 3.05) is 26.3 Å². The van der Waals surface area contributed by atoms with Crippen LogP contribution in [-0.4, -0.2) is 53.3 Å². The summed E-state index contributed by atoms with van der Waals surface area (Å²) in [4.78, 5) is 18.0. The first-order valence-electron chi connectivity index (χ1n) is 6.24. The Morgan fingerprint density at radius 1 is 1.44 bits per heavy atom. The Morgan fingerprint density at radius 2 is 2.22 bits per heavy atom. The van der Waals surface area contributed by atoms with Gasteiger partial charge in [0.15, 0.2) is 0 Å². The molecular formula is C13H18N2O3. The largest absolute Gasteiger partial charge is 0.394 e. The van der Waals surface area contributed by atoms with E-state index in [2.05, 4.69) is 4.98 Å². The molecule has 2 rings (SSSR count). The standard InChI is InChI=1S/C13H18N2O3/c16-9-10-18-11-4-7-15(8-5-11)13(17)12-3-1-2-6-14-12/h1-3,6,11,16H,4-5,7-10H2. The normalized spacial score (nSPS) is 16.8. The first-order chi connectivity index (χ1) is 8.81. The lowest BCUT2D eigenvalue weighted by Gasteiger charge is -2.31. The molecule has 0 saturated carbocycles. The van der Waals surface area contributed by atoms with Gasteiger partial charge >= 0.3 is 0 Å². The van der Waals surface area contributed by atoms with Gasteiger partial charge in [0.2, 0.25) is 0 Å². The third kappa shape index (κ3) is 3.27. The summed E-state index contributed by atoms with van der Waals surface area (Å²) >= 11 is 0. The minimum atomic E-state index is -0.0174.